The fourth-order valence-electron chi connectivity index (χ4n) is 1.47. The first-order valence-electron chi connectivity index (χ1n) is 5.49. The second kappa shape index (κ2) is 15.0. The molecule has 0 radical (unpaired) electrons. The summed E-state index contributed by atoms with van der Waals surface area (Å²) >= 11 is 0.757. The Labute approximate surface area is 108 Å². The van der Waals surface area contributed by atoms with E-state index in [9.17, 15) is 0 Å². The zero-order valence-electron chi connectivity index (χ0n) is 9.02. The van der Waals surface area contributed by atoms with Gasteiger partial charge in [0.2, 0.25) is 0 Å². The maximum atomic E-state index is 4.67. The molecule has 0 spiro atoms. The van der Waals surface area contributed by atoms with Crippen molar-refractivity contribution in [2.75, 3.05) is 26.2 Å². The molecule has 2 heterocycles. The second-order valence-corrected chi connectivity index (χ2v) is 5.06. The van der Waals surface area contributed by atoms with E-state index >= 15 is 0 Å². The molecule has 0 N–H and O–H groups in total. The molecule has 0 aromatic heterocycles. The molecular formula is C10H20Cl2CuN2-2. The fourth-order valence-corrected chi connectivity index (χ4v) is 1.47. The Hall–Kier alpha value is 1.02. The van der Waals surface area contributed by atoms with Crippen LogP contribution in [0.2, 0.25) is 0 Å². The molecule has 0 aliphatic carbocycles. The van der Waals surface area contributed by atoms with Crippen molar-refractivity contribution >= 4 is 20.2 Å². The zero-order valence-corrected chi connectivity index (χ0v) is 11.5. The summed E-state index contributed by atoms with van der Waals surface area (Å²) in [7, 11) is 9.34. The van der Waals surface area contributed by atoms with Crippen LogP contribution in [-0.4, -0.2) is 26.2 Å². The molecule has 15 heavy (non-hydrogen) atoms. The summed E-state index contributed by atoms with van der Waals surface area (Å²) in [5.74, 6) is 0. The van der Waals surface area contributed by atoms with Crippen molar-refractivity contribution in [2.45, 2.75) is 38.5 Å². The predicted octanol–water partition coefficient (Wildman–Crippen LogP) is 4.46. The molecule has 2 rings (SSSR count). The van der Waals surface area contributed by atoms with Crippen LogP contribution in [0.3, 0.4) is 0 Å². The summed E-state index contributed by atoms with van der Waals surface area (Å²) in [5, 5.41) is 8.35. The first-order valence-corrected chi connectivity index (χ1v) is 8.08. The molecule has 2 aliphatic rings. The van der Waals surface area contributed by atoms with Crippen LogP contribution in [-0.2, 0) is 13.1 Å². The number of hydrogen-bond acceptors (Lipinski definition) is 0. The third kappa shape index (κ3) is 15.0. The number of nitrogens with zero attached hydrogens (tertiary/aromatic N) is 2. The number of hydrogen-bond donors (Lipinski definition) is 0. The molecule has 2 fully saturated rings. The van der Waals surface area contributed by atoms with Gasteiger partial charge in [0.15, 0.2) is 0 Å². The van der Waals surface area contributed by atoms with E-state index in [2.05, 4.69) is 30.8 Å². The van der Waals surface area contributed by atoms with Crippen LogP contribution in [0.4, 0.5) is 0 Å². The minimum absolute atomic E-state index is 0.757. The molecule has 2 aliphatic heterocycles. The van der Waals surface area contributed by atoms with Gasteiger partial charge in [-0.05, 0) is 0 Å². The van der Waals surface area contributed by atoms with Crippen LogP contribution >= 0.6 is 20.2 Å². The van der Waals surface area contributed by atoms with Crippen molar-refractivity contribution in [3.8, 4) is 0 Å². The van der Waals surface area contributed by atoms with E-state index in [1.54, 1.807) is 0 Å². The minimum atomic E-state index is 0.757. The van der Waals surface area contributed by atoms with Crippen LogP contribution in [0, 0.1) is 0 Å². The van der Waals surface area contributed by atoms with Gasteiger partial charge in [-0.2, -0.15) is 0 Å². The molecule has 0 saturated carbocycles. The molecule has 0 amide bonds. The Balaban J connectivity index is 0.000000210. The van der Waals surface area contributed by atoms with Crippen molar-refractivity contribution < 1.29 is 13.1 Å². The van der Waals surface area contributed by atoms with E-state index in [4.69, 9.17) is 0 Å². The first kappa shape index (κ1) is 16.0. The molecule has 97 valence electrons. The molecule has 2 nitrogen and oxygen atoms in total. The average Bonchev–Trinajstić information content (AvgIpc) is 2.35. The van der Waals surface area contributed by atoms with Crippen molar-refractivity contribution in [1.29, 1.82) is 0 Å². The molecule has 0 bridgehead atoms. The van der Waals surface area contributed by atoms with E-state index in [0.717, 1.165) is 39.3 Å². The van der Waals surface area contributed by atoms with Crippen LogP contribution in [0.1, 0.15) is 38.5 Å². The molecule has 0 unspecified atom stereocenters. The van der Waals surface area contributed by atoms with E-state index in [0.29, 0.717) is 0 Å². The van der Waals surface area contributed by atoms with E-state index in [1.807, 2.05) is 0 Å². The standard InChI is InChI=1S/2C5H10N.2ClH.Cu/c2*1-2-4-6-5-3-1;;;/h2*1-5H2;2*1H;/q2*-1;;;+2/p-2. The van der Waals surface area contributed by atoms with E-state index in [1.165, 1.54) is 38.5 Å². The van der Waals surface area contributed by atoms with Gasteiger partial charge in [0, 0.05) is 0 Å². The zero-order chi connectivity index (χ0) is 11.2. The molecule has 0 atom stereocenters. The number of rotatable bonds is 0. The summed E-state index contributed by atoms with van der Waals surface area (Å²) in [6.45, 7) is 4.50. The topological polar surface area (TPSA) is 28.2 Å². The van der Waals surface area contributed by atoms with Crippen LogP contribution in [0.25, 0.3) is 10.6 Å². The van der Waals surface area contributed by atoms with Gasteiger partial charge in [0.25, 0.3) is 0 Å². The molecule has 2 saturated heterocycles. The second-order valence-electron chi connectivity index (χ2n) is 3.51. The van der Waals surface area contributed by atoms with Crippen LogP contribution in [0.5, 0.6) is 0 Å². The van der Waals surface area contributed by atoms with Gasteiger partial charge in [-0.3, -0.25) is 0 Å². The van der Waals surface area contributed by atoms with Gasteiger partial charge in [0.05, 0.1) is 0 Å². The Bertz CT molecular complexity index is 74.6. The van der Waals surface area contributed by atoms with Crippen LogP contribution in [0.15, 0.2) is 0 Å². The summed E-state index contributed by atoms with van der Waals surface area (Å²) in [6, 6.07) is 0. The van der Waals surface area contributed by atoms with Crippen molar-refractivity contribution in [1.82, 2.24) is 0 Å². The van der Waals surface area contributed by atoms with Gasteiger partial charge < -0.3 is 10.6 Å². The Morgan fingerprint density at radius 2 is 0.867 bits per heavy atom. The Morgan fingerprint density at radius 3 is 0.933 bits per heavy atom. The van der Waals surface area contributed by atoms with Crippen molar-refractivity contribution in [2.24, 2.45) is 0 Å². The molecule has 5 heteroatoms. The Kier molecular flexibility index (Phi) is 16.0. The number of piperidine rings is 2. The van der Waals surface area contributed by atoms with Gasteiger partial charge in [-0.15, -0.1) is 26.2 Å². The molecular weight excluding hydrogens is 283 g/mol. The summed E-state index contributed by atoms with van der Waals surface area (Å²) in [4.78, 5) is 0. The summed E-state index contributed by atoms with van der Waals surface area (Å²) in [5.41, 5.74) is 0. The SMILES string of the molecule is C1CC[N-]CC1.C1CC[N-]CC1.[Cl][Cu][Cl]. The summed E-state index contributed by atoms with van der Waals surface area (Å²) < 4.78 is 0. The summed E-state index contributed by atoms with van der Waals surface area (Å²) in [6.07, 6.45) is 8.15. The maximum absolute atomic E-state index is 4.67. The van der Waals surface area contributed by atoms with Crippen LogP contribution < -0.4 is 0 Å². The fraction of sp³-hybridized carbons (Fsp3) is 1.00. The third-order valence-electron chi connectivity index (χ3n) is 2.26. The first-order chi connectivity index (χ1) is 7.41. The normalized spacial score (nSPS) is 20.7. The third-order valence-corrected chi connectivity index (χ3v) is 2.26. The van der Waals surface area contributed by atoms with Gasteiger partial charge in [-0.25, -0.2) is 0 Å². The Morgan fingerprint density at radius 1 is 0.600 bits per heavy atom. The predicted molar refractivity (Wildman–Crippen MR) is 65.6 cm³/mol. The monoisotopic (exact) mass is 301 g/mol. The van der Waals surface area contributed by atoms with Crippen molar-refractivity contribution in [3.05, 3.63) is 10.6 Å². The van der Waals surface area contributed by atoms with E-state index < -0.39 is 0 Å². The quantitative estimate of drug-likeness (QED) is 0.591. The van der Waals surface area contributed by atoms with E-state index in [-0.39, 0.29) is 0 Å². The van der Waals surface area contributed by atoms with Crippen molar-refractivity contribution in [3.63, 3.8) is 0 Å². The number of halogens is 2. The van der Waals surface area contributed by atoms with Gasteiger partial charge in [-0.1, -0.05) is 38.5 Å². The van der Waals surface area contributed by atoms with Gasteiger partial charge in [0.1, 0.15) is 0 Å². The van der Waals surface area contributed by atoms with Gasteiger partial charge >= 0.3 is 33.3 Å². The molecule has 0 aromatic carbocycles. The molecule has 0 aromatic rings. The average molecular weight is 303 g/mol.